The van der Waals surface area contributed by atoms with E-state index in [4.69, 9.17) is 5.73 Å². The van der Waals surface area contributed by atoms with Crippen LogP contribution < -0.4 is 5.73 Å². The number of thiol groups is 1. The summed E-state index contributed by atoms with van der Waals surface area (Å²) in [6, 6.07) is 5.99. The Morgan fingerprint density at radius 3 is 2.92 bits per heavy atom. The van der Waals surface area contributed by atoms with Crippen molar-refractivity contribution in [3.63, 3.8) is 0 Å². The highest BCUT2D eigenvalue weighted by Crippen LogP contribution is 2.35. The van der Waals surface area contributed by atoms with Gasteiger partial charge >= 0.3 is 0 Å². The quantitative estimate of drug-likeness (QED) is 0.550. The van der Waals surface area contributed by atoms with E-state index in [1.807, 2.05) is 18.2 Å². The molecule has 0 radical (unpaired) electrons. The number of rotatable bonds is 0. The molecule has 1 aromatic heterocycles. The summed E-state index contributed by atoms with van der Waals surface area (Å²) in [6.45, 7) is 0. The van der Waals surface area contributed by atoms with Gasteiger partial charge in [-0.3, -0.25) is 0 Å². The minimum absolute atomic E-state index is 0.795. The Morgan fingerprint density at radius 1 is 1.42 bits per heavy atom. The number of nitrogens with two attached hydrogens (primary N) is 1. The molecule has 1 nitrogen and oxygen atoms in total. The van der Waals surface area contributed by atoms with E-state index in [1.165, 1.54) is 4.70 Å². The number of halogens is 1. The third kappa shape index (κ3) is 1.24. The SMILES string of the molecule is Nc1c(Br)ccc2sc(S)cc12. The largest absolute Gasteiger partial charge is 0.397 e. The number of benzene rings is 1. The summed E-state index contributed by atoms with van der Waals surface area (Å²) >= 11 is 9.29. The van der Waals surface area contributed by atoms with Gasteiger partial charge in [0.15, 0.2) is 0 Å². The van der Waals surface area contributed by atoms with Gasteiger partial charge in [-0.2, -0.15) is 0 Å². The highest BCUT2D eigenvalue weighted by atomic mass is 79.9. The monoisotopic (exact) mass is 259 g/mol. The standard InChI is InChI=1S/C8H6BrNS2/c9-5-1-2-6-4(8(5)10)3-7(11)12-6/h1-3,11H,10H2. The van der Waals surface area contributed by atoms with Crippen molar-refractivity contribution < 1.29 is 0 Å². The molecular weight excluding hydrogens is 254 g/mol. The average molecular weight is 260 g/mol. The summed E-state index contributed by atoms with van der Waals surface area (Å²) in [4.78, 5) is 0. The minimum atomic E-state index is 0.795. The molecular formula is C8H6BrNS2. The summed E-state index contributed by atoms with van der Waals surface area (Å²) in [7, 11) is 0. The van der Waals surface area contributed by atoms with Gasteiger partial charge < -0.3 is 5.73 Å². The van der Waals surface area contributed by atoms with Crippen molar-refractivity contribution in [3.8, 4) is 0 Å². The van der Waals surface area contributed by atoms with Gasteiger partial charge in [0, 0.05) is 14.6 Å². The fraction of sp³-hybridized carbons (Fsp3) is 0. The first-order valence-electron chi connectivity index (χ1n) is 3.35. The van der Waals surface area contributed by atoms with Crippen molar-refractivity contribution in [3.05, 3.63) is 22.7 Å². The first-order chi connectivity index (χ1) is 5.68. The van der Waals surface area contributed by atoms with Crippen molar-refractivity contribution >= 4 is 55.7 Å². The van der Waals surface area contributed by atoms with E-state index in [9.17, 15) is 0 Å². The van der Waals surface area contributed by atoms with Crippen LogP contribution in [0.1, 0.15) is 0 Å². The molecule has 0 spiro atoms. The number of anilines is 1. The molecule has 0 amide bonds. The van der Waals surface area contributed by atoms with Crippen LogP contribution in [-0.2, 0) is 0 Å². The van der Waals surface area contributed by atoms with Crippen LogP contribution in [-0.4, -0.2) is 0 Å². The lowest BCUT2D eigenvalue weighted by Gasteiger charge is -1.97. The summed E-state index contributed by atoms with van der Waals surface area (Å²) in [6.07, 6.45) is 0. The predicted octanol–water partition coefficient (Wildman–Crippen LogP) is 3.53. The van der Waals surface area contributed by atoms with Gasteiger partial charge in [0.05, 0.1) is 9.90 Å². The topological polar surface area (TPSA) is 26.0 Å². The zero-order valence-corrected chi connectivity index (χ0v) is 9.34. The van der Waals surface area contributed by atoms with Gasteiger partial charge in [0.1, 0.15) is 0 Å². The summed E-state index contributed by atoms with van der Waals surface area (Å²) in [5.74, 6) is 0. The van der Waals surface area contributed by atoms with Crippen LogP contribution in [0.4, 0.5) is 5.69 Å². The van der Waals surface area contributed by atoms with Gasteiger partial charge in [-0.05, 0) is 34.1 Å². The van der Waals surface area contributed by atoms with E-state index in [0.717, 1.165) is 19.8 Å². The van der Waals surface area contributed by atoms with E-state index >= 15 is 0 Å². The number of thiophene rings is 1. The molecule has 0 saturated heterocycles. The Morgan fingerprint density at radius 2 is 2.17 bits per heavy atom. The van der Waals surface area contributed by atoms with Gasteiger partial charge in [-0.1, -0.05) is 0 Å². The second-order valence-corrected chi connectivity index (χ2v) is 5.18. The zero-order valence-electron chi connectivity index (χ0n) is 6.04. The van der Waals surface area contributed by atoms with Gasteiger partial charge in [0.2, 0.25) is 0 Å². The van der Waals surface area contributed by atoms with Crippen LogP contribution in [0.25, 0.3) is 10.1 Å². The van der Waals surface area contributed by atoms with Crippen molar-refractivity contribution in [2.45, 2.75) is 4.21 Å². The normalized spacial score (nSPS) is 10.8. The molecule has 4 heteroatoms. The highest BCUT2D eigenvalue weighted by molar-refractivity contribution is 9.10. The van der Waals surface area contributed by atoms with Gasteiger partial charge in [-0.25, -0.2) is 0 Å². The van der Waals surface area contributed by atoms with E-state index < -0.39 is 0 Å². The van der Waals surface area contributed by atoms with E-state index in [0.29, 0.717) is 0 Å². The fourth-order valence-electron chi connectivity index (χ4n) is 1.09. The Hall–Kier alpha value is -0.190. The van der Waals surface area contributed by atoms with Crippen LogP contribution in [0.15, 0.2) is 26.9 Å². The van der Waals surface area contributed by atoms with Gasteiger partial charge in [0.25, 0.3) is 0 Å². The van der Waals surface area contributed by atoms with Crippen LogP contribution >= 0.6 is 39.9 Å². The van der Waals surface area contributed by atoms with E-state index in [1.54, 1.807) is 11.3 Å². The van der Waals surface area contributed by atoms with Crippen LogP contribution in [0, 0.1) is 0 Å². The maximum Gasteiger partial charge on any atom is 0.0581 e. The van der Waals surface area contributed by atoms with Crippen LogP contribution in [0.2, 0.25) is 0 Å². The molecule has 2 rings (SSSR count). The number of hydrogen-bond donors (Lipinski definition) is 2. The summed E-state index contributed by atoms with van der Waals surface area (Å²) in [5.41, 5.74) is 6.65. The van der Waals surface area contributed by atoms with Gasteiger partial charge in [-0.15, -0.1) is 24.0 Å². The smallest absolute Gasteiger partial charge is 0.0581 e. The second-order valence-electron chi connectivity index (χ2n) is 2.46. The van der Waals surface area contributed by atoms with Crippen molar-refractivity contribution in [2.24, 2.45) is 0 Å². The van der Waals surface area contributed by atoms with Crippen molar-refractivity contribution in [2.75, 3.05) is 5.73 Å². The molecule has 0 bridgehead atoms. The molecule has 0 atom stereocenters. The maximum atomic E-state index is 5.86. The third-order valence-electron chi connectivity index (χ3n) is 1.68. The summed E-state index contributed by atoms with van der Waals surface area (Å²) in [5, 5.41) is 1.08. The molecule has 0 fully saturated rings. The molecule has 0 unspecified atom stereocenters. The Kier molecular flexibility index (Phi) is 2.06. The molecule has 1 aromatic carbocycles. The average Bonchev–Trinajstić information content (AvgIpc) is 2.39. The van der Waals surface area contributed by atoms with Crippen LogP contribution in [0.3, 0.4) is 0 Å². The Labute approximate surface area is 88.1 Å². The lowest BCUT2D eigenvalue weighted by atomic mass is 10.2. The zero-order chi connectivity index (χ0) is 8.72. The first-order valence-corrected chi connectivity index (χ1v) is 5.40. The number of hydrogen-bond acceptors (Lipinski definition) is 3. The highest BCUT2D eigenvalue weighted by Gasteiger charge is 2.04. The molecule has 12 heavy (non-hydrogen) atoms. The Bertz CT molecular complexity index is 436. The van der Waals surface area contributed by atoms with Crippen LogP contribution in [0.5, 0.6) is 0 Å². The summed E-state index contributed by atoms with van der Waals surface area (Å²) < 4.78 is 3.12. The second kappa shape index (κ2) is 2.94. The fourth-order valence-corrected chi connectivity index (χ4v) is 2.68. The number of nitrogen functional groups attached to an aromatic ring is 1. The van der Waals surface area contributed by atoms with Crippen molar-refractivity contribution in [1.29, 1.82) is 0 Å². The van der Waals surface area contributed by atoms with E-state index in [2.05, 4.69) is 28.6 Å². The molecule has 2 N–H and O–H groups in total. The van der Waals surface area contributed by atoms with Crippen molar-refractivity contribution in [1.82, 2.24) is 0 Å². The third-order valence-corrected chi connectivity index (χ3v) is 3.67. The predicted molar refractivity (Wildman–Crippen MR) is 61.2 cm³/mol. The number of fused-ring (bicyclic) bond motifs is 1. The molecule has 2 aromatic rings. The molecule has 0 aliphatic heterocycles. The lowest BCUT2D eigenvalue weighted by Crippen LogP contribution is -1.85. The Balaban J connectivity index is 2.89. The van der Waals surface area contributed by atoms with E-state index in [-0.39, 0.29) is 0 Å². The minimum Gasteiger partial charge on any atom is -0.397 e. The first kappa shape index (κ1) is 8.41. The lowest BCUT2D eigenvalue weighted by molar-refractivity contribution is 1.71. The molecule has 0 aliphatic carbocycles. The molecule has 0 saturated carbocycles. The molecule has 0 aliphatic rings. The molecule has 1 heterocycles. The molecule has 62 valence electrons. The maximum absolute atomic E-state index is 5.86.